The van der Waals surface area contributed by atoms with Crippen LogP contribution in [-0.4, -0.2) is 28.8 Å². The van der Waals surface area contributed by atoms with Gasteiger partial charge in [0.1, 0.15) is 11.5 Å². The second kappa shape index (κ2) is 15.2. The van der Waals surface area contributed by atoms with Gasteiger partial charge in [-0.05, 0) is 81.0 Å². The molecule has 0 saturated heterocycles. The number of imidazole rings is 1. The van der Waals surface area contributed by atoms with Gasteiger partial charge in [-0.15, -0.1) is 0 Å². The van der Waals surface area contributed by atoms with Gasteiger partial charge in [0.25, 0.3) is 0 Å². The zero-order valence-corrected chi connectivity index (χ0v) is 23.6. The lowest BCUT2D eigenvalue weighted by molar-refractivity contribution is 0.0735. The Kier molecular flexibility index (Phi) is 12.3. The molecule has 0 spiro atoms. The van der Waals surface area contributed by atoms with Crippen LogP contribution in [0.2, 0.25) is 0 Å². The molecule has 0 unspecified atom stereocenters. The van der Waals surface area contributed by atoms with Crippen molar-refractivity contribution >= 4 is 28.8 Å². The van der Waals surface area contributed by atoms with Crippen LogP contribution >= 0.6 is 11.8 Å². The number of aromatic amines is 1. The van der Waals surface area contributed by atoms with E-state index in [2.05, 4.69) is 36.8 Å². The van der Waals surface area contributed by atoms with Gasteiger partial charge in [-0.25, -0.2) is 9.78 Å². The third-order valence-corrected chi connectivity index (χ3v) is 6.62. The molecule has 0 saturated carbocycles. The molecule has 3 rings (SSSR count). The van der Waals surface area contributed by atoms with E-state index in [1.807, 2.05) is 57.2 Å². The number of H-pyrrole nitrogens is 1. The number of thioether (sulfide) groups is 1. The molecule has 36 heavy (non-hydrogen) atoms. The molecule has 1 heterocycles. The average Bonchev–Trinajstić information content (AvgIpc) is 3.31. The fourth-order valence-electron chi connectivity index (χ4n) is 3.67. The lowest BCUT2D eigenvalue weighted by atomic mass is 10.1. The number of rotatable bonds is 11. The summed E-state index contributed by atoms with van der Waals surface area (Å²) in [6.07, 6.45) is 6.29. The molecule has 0 radical (unpaired) electrons. The topological polar surface area (TPSA) is 64.2 Å². The van der Waals surface area contributed by atoms with Gasteiger partial charge in [-0.2, -0.15) is 0 Å². The highest BCUT2D eigenvalue weighted by Gasteiger charge is 2.11. The van der Waals surface area contributed by atoms with E-state index in [4.69, 9.17) is 9.47 Å². The molecular weight excluding hydrogens is 468 g/mol. The maximum atomic E-state index is 12.6. The van der Waals surface area contributed by atoms with Crippen LogP contribution in [0.15, 0.2) is 70.6 Å². The second-order valence-electron chi connectivity index (χ2n) is 8.29. The smallest absolute Gasteiger partial charge is 0.343 e. The van der Waals surface area contributed by atoms with E-state index in [0.29, 0.717) is 11.3 Å². The van der Waals surface area contributed by atoms with Crippen LogP contribution in [0, 0.1) is 0 Å². The number of carbonyl (C=O) groups is 1. The van der Waals surface area contributed by atoms with Crippen LogP contribution in [0.3, 0.4) is 0 Å². The van der Waals surface area contributed by atoms with Gasteiger partial charge in [0, 0.05) is 11.8 Å². The van der Waals surface area contributed by atoms with Crippen LogP contribution in [0.4, 0.5) is 0 Å². The fourth-order valence-corrected chi connectivity index (χ4v) is 4.62. The summed E-state index contributed by atoms with van der Waals surface area (Å²) in [5, 5.41) is 0.843. The Balaban J connectivity index is 0.00000222. The first-order chi connectivity index (χ1) is 17.4. The molecular formula is C30H40N2O3S. The first-order valence-electron chi connectivity index (χ1n) is 12.8. The number of methoxy groups -OCH3 is 1. The predicted molar refractivity (Wildman–Crippen MR) is 152 cm³/mol. The quantitative estimate of drug-likeness (QED) is 0.0924. The van der Waals surface area contributed by atoms with E-state index < -0.39 is 0 Å². The van der Waals surface area contributed by atoms with Crippen molar-refractivity contribution in [2.45, 2.75) is 72.4 Å². The average molecular weight is 509 g/mol. The Labute approximate surface area is 220 Å². The summed E-state index contributed by atoms with van der Waals surface area (Å²) < 4.78 is 11.2. The van der Waals surface area contributed by atoms with Crippen molar-refractivity contribution in [3.05, 3.63) is 76.6 Å². The van der Waals surface area contributed by atoms with Gasteiger partial charge in [-0.1, -0.05) is 57.2 Å². The normalized spacial score (nSPS) is 12.0. The minimum Gasteiger partial charge on any atom is -0.497 e. The number of ether oxygens (including phenoxy) is 2. The molecule has 1 N–H and O–H groups in total. The van der Waals surface area contributed by atoms with Crippen LogP contribution in [0.25, 0.3) is 11.0 Å². The van der Waals surface area contributed by atoms with Gasteiger partial charge < -0.3 is 14.5 Å². The lowest BCUT2D eigenvalue weighted by Crippen LogP contribution is -2.08. The van der Waals surface area contributed by atoms with E-state index in [1.165, 1.54) is 11.1 Å². The lowest BCUT2D eigenvalue weighted by Gasteiger charge is -2.11. The molecule has 0 aliphatic carbocycles. The number of benzene rings is 2. The van der Waals surface area contributed by atoms with Crippen LogP contribution in [-0.2, 0) is 11.2 Å². The molecule has 0 amide bonds. The van der Waals surface area contributed by atoms with Gasteiger partial charge in [-0.3, -0.25) is 0 Å². The highest BCUT2D eigenvalue weighted by molar-refractivity contribution is 7.99. The van der Waals surface area contributed by atoms with Crippen LogP contribution in [0.5, 0.6) is 5.75 Å². The SMILES string of the molecule is C/C=C(C)\C(OC)=C(\C)CCSc1nc2ccc(OC(=O)c3ccc(CCCC)cc3)cc2[nH]1.CC. The molecule has 0 atom stereocenters. The minimum atomic E-state index is -0.358. The highest BCUT2D eigenvalue weighted by Crippen LogP contribution is 2.26. The standard InChI is InChI=1S/C28H34N2O3S.C2H6/c1-6-8-9-21-10-12-22(13-11-21)27(31)33-23-14-15-24-25(18-23)30-28(29-24)34-17-16-20(4)26(32-5)19(3)7-2;1-2/h7,10-15,18H,6,8-9,16-17H2,1-5H3,(H,29,30);1-2H3/b19-7-,26-20+;. The minimum absolute atomic E-state index is 0.358. The van der Waals surface area contributed by atoms with E-state index >= 15 is 0 Å². The number of carbonyl (C=O) groups excluding carboxylic acids is 1. The van der Waals surface area contributed by atoms with Crippen LogP contribution < -0.4 is 4.74 Å². The number of esters is 1. The van der Waals surface area contributed by atoms with Crippen molar-refractivity contribution in [3.8, 4) is 5.75 Å². The molecule has 3 aromatic rings. The number of fused-ring (bicyclic) bond motifs is 1. The van der Waals surface area contributed by atoms with E-state index in [0.717, 1.165) is 59.0 Å². The number of nitrogens with one attached hydrogen (secondary N) is 1. The first-order valence-corrected chi connectivity index (χ1v) is 13.7. The van der Waals surface area contributed by atoms with Crippen molar-refractivity contribution in [2.75, 3.05) is 12.9 Å². The molecule has 1 aromatic heterocycles. The molecule has 0 bridgehead atoms. The molecule has 2 aromatic carbocycles. The summed E-state index contributed by atoms with van der Waals surface area (Å²) in [7, 11) is 1.71. The summed E-state index contributed by atoms with van der Waals surface area (Å²) in [5.41, 5.74) is 5.84. The number of hydrogen-bond donors (Lipinski definition) is 1. The van der Waals surface area contributed by atoms with Gasteiger partial charge >= 0.3 is 5.97 Å². The van der Waals surface area contributed by atoms with Crippen molar-refractivity contribution in [3.63, 3.8) is 0 Å². The summed E-state index contributed by atoms with van der Waals surface area (Å²) >= 11 is 1.66. The molecule has 5 nitrogen and oxygen atoms in total. The van der Waals surface area contributed by atoms with E-state index in [-0.39, 0.29) is 5.97 Å². The van der Waals surface area contributed by atoms with Crippen molar-refractivity contribution in [1.29, 1.82) is 0 Å². The Morgan fingerprint density at radius 3 is 2.47 bits per heavy atom. The number of nitrogens with zero attached hydrogens (tertiary/aromatic N) is 1. The number of aromatic nitrogens is 2. The van der Waals surface area contributed by atoms with E-state index in [9.17, 15) is 4.79 Å². The molecule has 0 aliphatic rings. The maximum Gasteiger partial charge on any atom is 0.343 e. The van der Waals surface area contributed by atoms with Crippen molar-refractivity contribution in [1.82, 2.24) is 9.97 Å². The molecule has 194 valence electrons. The maximum absolute atomic E-state index is 12.6. The predicted octanol–water partition coefficient (Wildman–Crippen LogP) is 8.52. The number of hydrogen-bond acceptors (Lipinski definition) is 5. The summed E-state index contributed by atoms with van der Waals surface area (Å²) in [5.74, 6) is 1.97. The van der Waals surface area contributed by atoms with Gasteiger partial charge in [0.2, 0.25) is 0 Å². The number of allylic oxidation sites excluding steroid dienone is 3. The summed E-state index contributed by atoms with van der Waals surface area (Å²) in [6.45, 7) is 12.3. The largest absolute Gasteiger partial charge is 0.497 e. The fraction of sp³-hybridized carbons (Fsp3) is 0.400. The number of aryl methyl sites for hydroxylation is 1. The van der Waals surface area contributed by atoms with Crippen molar-refractivity contribution < 1.29 is 14.3 Å². The Bertz CT molecular complexity index is 1180. The highest BCUT2D eigenvalue weighted by atomic mass is 32.2. The van der Waals surface area contributed by atoms with Crippen molar-refractivity contribution in [2.24, 2.45) is 0 Å². The summed E-state index contributed by atoms with van der Waals surface area (Å²) in [4.78, 5) is 20.5. The third-order valence-electron chi connectivity index (χ3n) is 5.75. The van der Waals surface area contributed by atoms with Gasteiger partial charge in [0.05, 0.1) is 23.7 Å². The third kappa shape index (κ3) is 8.30. The summed E-state index contributed by atoms with van der Waals surface area (Å²) in [6, 6.07) is 13.1. The monoisotopic (exact) mass is 508 g/mol. The molecule has 0 fully saturated rings. The Morgan fingerprint density at radius 1 is 1.11 bits per heavy atom. The Morgan fingerprint density at radius 2 is 1.83 bits per heavy atom. The zero-order chi connectivity index (χ0) is 26.5. The molecule has 6 heteroatoms. The molecule has 0 aliphatic heterocycles. The number of unbranched alkanes of at least 4 members (excludes halogenated alkanes) is 1. The van der Waals surface area contributed by atoms with Gasteiger partial charge in [0.15, 0.2) is 5.16 Å². The Hall–Kier alpha value is -2.99. The second-order valence-corrected chi connectivity index (χ2v) is 9.38. The van der Waals surface area contributed by atoms with E-state index in [1.54, 1.807) is 24.9 Å². The zero-order valence-electron chi connectivity index (χ0n) is 22.7. The van der Waals surface area contributed by atoms with Crippen LogP contribution in [0.1, 0.15) is 76.7 Å². The first kappa shape index (κ1) is 29.2.